The van der Waals surface area contributed by atoms with Gasteiger partial charge >= 0.3 is 0 Å². The second-order valence-electron chi connectivity index (χ2n) is 4.43. The summed E-state index contributed by atoms with van der Waals surface area (Å²) in [7, 11) is 0. The quantitative estimate of drug-likeness (QED) is 0.807. The minimum Gasteiger partial charge on any atom is -0.383 e. The standard InChI is InChI=1S/C14H14IN3O2/c15-11-12(9-4-2-1-3-5-9)17-14(18-13(11)16)10-8-19-6-7-20-10/h1-5,10H,6-8H2,(H2,16,17,18). The third kappa shape index (κ3) is 2.77. The van der Waals surface area contributed by atoms with Gasteiger partial charge in [0.25, 0.3) is 0 Å². The number of benzene rings is 1. The molecule has 1 aromatic heterocycles. The molecule has 1 aliphatic rings. The van der Waals surface area contributed by atoms with Crippen LogP contribution in [0.15, 0.2) is 30.3 Å². The summed E-state index contributed by atoms with van der Waals surface area (Å²) >= 11 is 2.17. The number of aromatic nitrogens is 2. The summed E-state index contributed by atoms with van der Waals surface area (Å²) in [6.45, 7) is 1.64. The van der Waals surface area contributed by atoms with Crippen molar-refractivity contribution in [3.8, 4) is 11.3 Å². The summed E-state index contributed by atoms with van der Waals surface area (Å²) in [5.74, 6) is 1.06. The zero-order valence-corrected chi connectivity index (χ0v) is 12.9. The average molecular weight is 383 g/mol. The van der Waals surface area contributed by atoms with Crippen molar-refractivity contribution in [3.63, 3.8) is 0 Å². The lowest BCUT2D eigenvalue weighted by Gasteiger charge is -2.22. The zero-order chi connectivity index (χ0) is 13.9. The second kappa shape index (κ2) is 6.02. The van der Waals surface area contributed by atoms with E-state index in [1.165, 1.54) is 0 Å². The maximum absolute atomic E-state index is 6.01. The first-order valence-electron chi connectivity index (χ1n) is 6.33. The van der Waals surface area contributed by atoms with E-state index in [0.717, 1.165) is 14.8 Å². The van der Waals surface area contributed by atoms with Crippen LogP contribution in [-0.4, -0.2) is 29.8 Å². The summed E-state index contributed by atoms with van der Waals surface area (Å²) in [5.41, 5.74) is 7.86. The average Bonchev–Trinajstić information content (AvgIpc) is 2.51. The van der Waals surface area contributed by atoms with Gasteiger partial charge in [-0.3, -0.25) is 0 Å². The van der Waals surface area contributed by atoms with Crippen LogP contribution < -0.4 is 5.73 Å². The molecule has 0 aliphatic carbocycles. The van der Waals surface area contributed by atoms with Crippen molar-refractivity contribution in [2.75, 3.05) is 25.6 Å². The van der Waals surface area contributed by atoms with Gasteiger partial charge in [0.05, 0.1) is 29.1 Å². The van der Waals surface area contributed by atoms with Gasteiger partial charge in [0.15, 0.2) is 5.82 Å². The number of hydrogen-bond acceptors (Lipinski definition) is 5. The molecule has 3 rings (SSSR count). The van der Waals surface area contributed by atoms with E-state index in [1.807, 2.05) is 30.3 Å². The SMILES string of the molecule is Nc1nc(C2COCCO2)nc(-c2ccccc2)c1I. The van der Waals surface area contributed by atoms with Crippen LogP contribution in [0.4, 0.5) is 5.82 Å². The Morgan fingerprint density at radius 3 is 2.65 bits per heavy atom. The number of halogens is 1. The first-order chi connectivity index (χ1) is 9.75. The number of rotatable bonds is 2. The molecule has 2 N–H and O–H groups in total. The number of nitrogen functional groups attached to an aromatic ring is 1. The van der Waals surface area contributed by atoms with E-state index < -0.39 is 0 Å². The number of ether oxygens (including phenoxy) is 2. The lowest BCUT2D eigenvalue weighted by atomic mass is 10.1. The first kappa shape index (κ1) is 13.7. The smallest absolute Gasteiger partial charge is 0.162 e. The molecular formula is C14H14IN3O2. The molecule has 1 fully saturated rings. The highest BCUT2D eigenvalue weighted by Gasteiger charge is 2.22. The largest absolute Gasteiger partial charge is 0.383 e. The maximum atomic E-state index is 6.01. The molecule has 1 aliphatic heterocycles. The normalized spacial score (nSPS) is 18.9. The van der Waals surface area contributed by atoms with E-state index in [9.17, 15) is 0 Å². The Bertz CT molecular complexity index is 601. The maximum Gasteiger partial charge on any atom is 0.162 e. The Balaban J connectivity index is 2.03. The van der Waals surface area contributed by atoms with E-state index in [2.05, 4.69) is 32.6 Å². The van der Waals surface area contributed by atoms with Gasteiger partial charge in [-0.1, -0.05) is 30.3 Å². The van der Waals surface area contributed by atoms with Crippen molar-refractivity contribution in [2.24, 2.45) is 0 Å². The van der Waals surface area contributed by atoms with Gasteiger partial charge in [-0.25, -0.2) is 9.97 Å². The molecule has 6 heteroatoms. The van der Waals surface area contributed by atoms with Crippen LogP contribution in [0.5, 0.6) is 0 Å². The third-order valence-electron chi connectivity index (χ3n) is 3.05. The van der Waals surface area contributed by atoms with E-state index in [-0.39, 0.29) is 6.10 Å². The van der Waals surface area contributed by atoms with Gasteiger partial charge in [-0.05, 0) is 22.6 Å². The Morgan fingerprint density at radius 1 is 1.15 bits per heavy atom. The van der Waals surface area contributed by atoms with E-state index >= 15 is 0 Å². The first-order valence-corrected chi connectivity index (χ1v) is 7.41. The lowest BCUT2D eigenvalue weighted by Crippen LogP contribution is -2.24. The lowest BCUT2D eigenvalue weighted by molar-refractivity contribution is -0.0934. The summed E-state index contributed by atoms with van der Waals surface area (Å²) < 4.78 is 11.9. The Kier molecular flexibility index (Phi) is 4.13. The summed E-state index contributed by atoms with van der Waals surface area (Å²) in [6, 6.07) is 9.94. The molecule has 5 nitrogen and oxygen atoms in total. The van der Waals surface area contributed by atoms with Gasteiger partial charge in [0.2, 0.25) is 0 Å². The van der Waals surface area contributed by atoms with Crippen molar-refractivity contribution in [2.45, 2.75) is 6.10 Å². The van der Waals surface area contributed by atoms with E-state index in [1.54, 1.807) is 0 Å². The topological polar surface area (TPSA) is 70.3 Å². The number of anilines is 1. The fraction of sp³-hybridized carbons (Fsp3) is 0.286. The van der Waals surface area contributed by atoms with Crippen LogP contribution in [0.25, 0.3) is 11.3 Å². The molecule has 1 aromatic carbocycles. The molecule has 0 amide bonds. The summed E-state index contributed by atoms with van der Waals surface area (Å²) in [5, 5.41) is 0. The van der Waals surface area contributed by atoms with Crippen molar-refractivity contribution < 1.29 is 9.47 Å². The Labute approximate surface area is 130 Å². The van der Waals surface area contributed by atoms with Gasteiger partial charge in [-0.2, -0.15) is 0 Å². The van der Waals surface area contributed by atoms with Crippen LogP contribution in [0.3, 0.4) is 0 Å². The number of nitrogens with two attached hydrogens (primary N) is 1. The van der Waals surface area contributed by atoms with Crippen LogP contribution in [0.2, 0.25) is 0 Å². The molecule has 1 unspecified atom stereocenters. The highest BCUT2D eigenvalue weighted by atomic mass is 127. The summed E-state index contributed by atoms with van der Waals surface area (Å²) in [4.78, 5) is 8.96. The molecule has 1 atom stereocenters. The Hall–Kier alpha value is -1.25. The molecule has 0 saturated carbocycles. The monoisotopic (exact) mass is 383 g/mol. The molecular weight excluding hydrogens is 369 g/mol. The van der Waals surface area contributed by atoms with Crippen LogP contribution >= 0.6 is 22.6 Å². The summed E-state index contributed by atoms with van der Waals surface area (Å²) in [6.07, 6.45) is -0.245. The highest BCUT2D eigenvalue weighted by molar-refractivity contribution is 14.1. The molecule has 0 bridgehead atoms. The predicted molar refractivity (Wildman–Crippen MR) is 84.1 cm³/mol. The third-order valence-corrected chi connectivity index (χ3v) is 4.11. The molecule has 104 valence electrons. The molecule has 0 spiro atoms. The van der Waals surface area contributed by atoms with E-state index in [0.29, 0.717) is 31.5 Å². The highest BCUT2D eigenvalue weighted by Crippen LogP contribution is 2.29. The predicted octanol–water partition coefficient (Wildman–Crippen LogP) is 2.42. The number of nitrogens with zero attached hydrogens (tertiary/aromatic N) is 2. The van der Waals surface area contributed by atoms with Gasteiger partial charge in [0.1, 0.15) is 11.9 Å². The fourth-order valence-electron chi connectivity index (χ4n) is 2.05. The molecule has 2 heterocycles. The molecule has 0 radical (unpaired) electrons. The molecule has 2 aromatic rings. The molecule has 1 saturated heterocycles. The van der Waals surface area contributed by atoms with Crippen LogP contribution in [-0.2, 0) is 9.47 Å². The zero-order valence-electron chi connectivity index (χ0n) is 10.8. The van der Waals surface area contributed by atoms with Crippen molar-refractivity contribution in [1.29, 1.82) is 0 Å². The van der Waals surface area contributed by atoms with Gasteiger partial charge in [0, 0.05) is 5.56 Å². The van der Waals surface area contributed by atoms with Crippen molar-refractivity contribution >= 4 is 28.4 Å². The van der Waals surface area contributed by atoms with Gasteiger partial charge < -0.3 is 15.2 Å². The van der Waals surface area contributed by atoms with Crippen LogP contribution in [0, 0.1) is 3.57 Å². The minimum atomic E-state index is -0.245. The van der Waals surface area contributed by atoms with E-state index in [4.69, 9.17) is 15.2 Å². The molecule has 20 heavy (non-hydrogen) atoms. The minimum absolute atomic E-state index is 0.245. The second-order valence-corrected chi connectivity index (χ2v) is 5.51. The van der Waals surface area contributed by atoms with Gasteiger partial charge in [-0.15, -0.1) is 0 Å². The van der Waals surface area contributed by atoms with Crippen molar-refractivity contribution in [1.82, 2.24) is 9.97 Å². The fourth-order valence-corrected chi connectivity index (χ4v) is 2.60. The van der Waals surface area contributed by atoms with Crippen molar-refractivity contribution in [3.05, 3.63) is 39.7 Å². The van der Waals surface area contributed by atoms with Crippen LogP contribution in [0.1, 0.15) is 11.9 Å². The number of hydrogen-bond donors (Lipinski definition) is 1. The Morgan fingerprint density at radius 2 is 1.95 bits per heavy atom.